The van der Waals surface area contributed by atoms with Crippen molar-refractivity contribution in [3.63, 3.8) is 0 Å². The quantitative estimate of drug-likeness (QED) is 0.536. The number of benzene rings is 2. The Bertz CT molecular complexity index is 1120. The molecule has 0 radical (unpaired) electrons. The van der Waals surface area contributed by atoms with Gasteiger partial charge in [0, 0.05) is 12.1 Å². The molecule has 3 rings (SSSR count). The number of sulfonamides is 1. The minimum absolute atomic E-state index is 0.129. The highest BCUT2D eigenvalue weighted by atomic mass is 32.2. The van der Waals surface area contributed by atoms with E-state index < -0.39 is 10.0 Å². The molecule has 3 aromatic rings. The van der Waals surface area contributed by atoms with E-state index >= 15 is 0 Å². The first-order chi connectivity index (χ1) is 13.8. The van der Waals surface area contributed by atoms with Crippen LogP contribution in [0.2, 0.25) is 0 Å². The Morgan fingerprint density at radius 1 is 1.10 bits per heavy atom. The Labute approximate surface area is 167 Å². The maximum atomic E-state index is 12.4. The van der Waals surface area contributed by atoms with Crippen LogP contribution in [0.5, 0.6) is 11.5 Å². The zero-order valence-corrected chi connectivity index (χ0v) is 16.6. The Hall–Kier alpha value is -3.37. The van der Waals surface area contributed by atoms with Gasteiger partial charge in [-0.3, -0.25) is 9.89 Å². The molecule has 0 aliphatic heterocycles. The van der Waals surface area contributed by atoms with Crippen LogP contribution in [0.3, 0.4) is 0 Å². The summed E-state index contributed by atoms with van der Waals surface area (Å²) in [6.45, 7) is 0.329. The molecule has 0 spiro atoms. The van der Waals surface area contributed by atoms with Gasteiger partial charge in [-0.2, -0.15) is 5.10 Å². The predicted octanol–water partition coefficient (Wildman–Crippen LogP) is 1.67. The first-order valence-electron chi connectivity index (χ1n) is 8.49. The number of carbonyl (C=O) groups is 1. The molecule has 0 aliphatic rings. The summed E-state index contributed by atoms with van der Waals surface area (Å²) in [6.07, 6.45) is 0. The van der Waals surface area contributed by atoms with Gasteiger partial charge in [-0.25, -0.2) is 13.6 Å². The van der Waals surface area contributed by atoms with Crippen molar-refractivity contribution >= 4 is 15.9 Å². The fourth-order valence-electron chi connectivity index (χ4n) is 2.67. The molecule has 0 atom stereocenters. The highest BCUT2D eigenvalue weighted by Gasteiger charge is 2.18. The molecule has 1 amide bonds. The maximum absolute atomic E-state index is 12.4. The average Bonchev–Trinajstić information content (AvgIpc) is 3.21. The molecule has 0 bridgehead atoms. The lowest BCUT2D eigenvalue weighted by Gasteiger charge is -2.07. The van der Waals surface area contributed by atoms with Gasteiger partial charge in [-0.05, 0) is 42.0 Å². The van der Waals surface area contributed by atoms with Gasteiger partial charge in [0.15, 0.2) is 0 Å². The van der Waals surface area contributed by atoms with Gasteiger partial charge in [0.25, 0.3) is 5.91 Å². The lowest BCUT2D eigenvalue weighted by molar-refractivity contribution is 0.0946. The van der Waals surface area contributed by atoms with Crippen LogP contribution in [-0.4, -0.2) is 38.7 Å². The minimum atomic E-state index is -3.98. The standard InChI is InChI=1S/C19H20N4O5S/c1-27-14-6-3-12(4-7-14)11-21-19(24)16-10-15(22-23-16)13-5-8-17(28-2)18(9-13)29(20,25)26/h3-10H,11H2,1-2H3,(H,21,24)(H,22,23)(H2,20,25,26). The number of primary sulfonamides is 1. The number of hydrogen-bond acceptors (Lipinski definition) is 6. The molecule has 152 valence electrons. The number of rotatable bonds is 7. The molecule has 0 saturated carbocycles. The lowest BCUT2D eigenvalue weighted by atomic mass is 10.1. The van der Waals surface area contributed by atoms with Crippen LogP contribution in [0, 0.1) is 0 Å². The molecule has 2 aromatic carbocycles. The van der Waals surface area contributed by atoms with E-state index in [1.165, 1.54) is 25.3 Å². The highest BCUT2D eigenvalue weighted by molar-refractivity contribution is 7.89. The molecule has 0 fully saturated rings. The van der Waals surface area contributed by atoms with Gasteiger partial charge in [0.2, 0.25) is 10.0 Å². The first kappa shape index (κ1) is 20.4. The number of nitrogens with two attached hydrogens (primary N) is 1. The van der Waals surface area contributed by atoms with Crippen LogP contribution in [0.1, 0.15) is 16.1 Å². The van der Waals surface area contributed by atoms with Crippen LogP contribution in [0.15, 0.2) is 53.4 Å². The molecule has 9 nitrogen and oxygen atoms in total. The average molecular weight is 416 g/mol. The number of H-pyrrole nitrogens is 1. The Morgan fingerprint density at radius 3 is 2.45 bits per heavy atom. The van der Waals surface area contributed by atoms with Crippen molar-refractivity contribution in [2.45, 2.75) is 11.4 Å². The number of nitrogens with zero attached hydrogens (tertiary/aromatic N) is 1. The van der Waals surface area contributed by atoms with Crippen molar-refractivity contribution in [2.24, 2.45) is 5.14 Å². The van der Waals surface area contributed by atoms with Crippen molar-refractivity contribution in [3.8, 4) is 22.8 Å². The third kappa shape index (κ3) is 4.73. The van der Waals surface area contributed by atoms with Crippen molar-refractivity contribution in [1.82, 2.24) is 15.5 Å². The number of ether oxygens (including phenoxy) is 2. The van der Waals surface area contributed by atoms with Crippen molar-refractivity contribution in [3.05, 3.63) is 59.8 Å². The molecule has 0 aliphatic carbocycles. The van der Waals surface area contributed by atoms with Gasteiger partial charge in [0.05, 0.1) is 19.9 Å². The fourth-order valence-corrected chi connectivity index (χ4v) is 3.39. The van der Waals surface area contributed by atoms with E-state index in [-0.39, 0.29) is 22.2 Å². The van der Waals surface area contributed by atoms with Gasteiger partial charge >= 0.3 is 0 Å². The summed E-state index contributed by atoms with van der Waals surface area (Å²) in [7, 11) is -1.05. The second-order valence-corrected chi connectivity index (χ2v) is 7.64. The van der Waals surface area contributed by atoms with Gasteiger partial charge in [-0.15, -0.1) is 0 Å². The number of aromatic nitrogens is 2. The summed E-state index contributed by atoms with van der Waals surface area (Å²) in [4.78, 5) is 12.2. The number of hydrogen-bond donors (Lipinski definition) is 3. The third-order valence-electron chi connectivity index (χ3n) is 4.20. The first-order valence-corrected chi connectivity index (χ1v) is 10.0. The van der Waals surface area contributed by atoms with E-state index in [2.05, 4.69) is 15.5 Å². The van der Waals surface area contributed by atoms with Crippen LogP contribution >= 0.6 is 0 Å². The van der Waals surface area contributed by atoms with Gasteiger partial charge < -0.3 is 14.8 Å². The van der Waals surface area contributed by atoms with Crippen LogP contribution in [0.4, 0.5) is 0 Å². The SMILES string of the molecule is COc1ccc(CNC(=O)c2cc(-c3ccc(OC)c(S(N)(=O)=O)c3)n[nH]2)cc1. The lowest BCUT2D eigenvalue weighted by Crippen LogP contribution is -2.23. The maximum Gasteiger partial charge on any atom is 0.269 e. The summed E-state index contributed by atoms with van der Waals surface area (Å²) in [5, 5.41) is 14.8. The zero-order valence-electron chi connectivity index (χ0n) is 15.8. The molecule has 1 aromatic heterocycles. The number of methoxy groups -OCH3 is 2. The molecule has 4 N–H and O–H groups in total. The smallest absolute Gasteiger partial charge is 0.269 e. The number of amides is 1. The Balaban J connectivity index is 1.75. The zero-order chi connectivity index (χ0) is 21.0. The van der Waals surface area contributed by atoms with Crippen LogP contribution < -0.4 is 19.9 Å². The van der Waals surface area contributed by atoms with Crippen molar-refractivity contribution < 1.29 is 22.7 Å². The summed E-state index contributed by atoms with van der Waals surface area (Å²) in [6, 6.07) is 13.3. The molecule has 1 heterocycles. The Morgan fingerprint density at radius 2 is 1.83 bits per heavy atom. The second-order valence-electron chi connectivity index (χ2n) is 6.11. The number of nitrogens with one attached hydrogen (secondary N) is 2. The summed E-state index contributed by atoms with van der Waals surface area (Å²) in [5.74, 6) is 0.514. The number of aromatic amines is 1. The molecular weight excluding hydrogens is 396 g/mol. The van der Waals surface area contributed by atoms with E-state index in [9.17, 15) is 13.2 Å². The summed E-state index contributed by atoms with van der Waals surface area (Å²) >= 11 is 0. The molecule has 29 heavy (non-hydrogen) atoms. The van der Waals surface area contributed by atoms with Crippen molar-refractivity contribution in [2.75, 3.05) is 14.2 Å². The topological polar surface area (TPSA) is 136 Å². The van der Waals surface area contributed by atoms with Gasteiger partial charge in [0.1, 0.15) is 22.1 Å². The highest BCUT2D eigenvalue weighted by Crippen LogP contribution is 2.28. The monoisotopic (exact) mass is 416 g/mol. The summed E-state index contributed by atoms with van der Waals surface area (Å²) < 4.78 is 33.7. The normalized spacial score (nSPS) is 11.1. The van der Waals surface area contributed by atoms with E-state index in [1.54, 1.807) is 13.2 Å². The van der Waals surface area contributed by atoms with E-state index in [4.69, 9.17) is 14.6 Å². The van der Waals surface area contributed by atoms with Gasteiger partial charge in [-0.1, -0.05) is 12.1 Å². The molecular formula is C19H20N4O5S. The fraction of sp³-hybridized carbons (Fsp3) is 0.158. The molecule has 0 saturated heterocycles. The molecule has 10 heteroatoms. The van der Waals surface area contributed by atoms with Crippen LogP contribution in [0.25, 0.3) is 11.3 Å². The Kier molecular flexibility index (Phi) is 5.85. The van der Waals surface area contributed by atoms with Crippen molar-refractivity contribution in [1.29, 1.82) is 0 Å². The van der Waals surface area contributed by atoms with Crippen LogP contribution in [-0.2, 0) is 16.6 Å². The summed E-state index contributed by atoms with van der Waals surface area (Å²) in [5.41, 5.74) is 2.01. The molecule has 0 unspecified atom stereocenters. The number of carbonyl (C=O) groups excluding carboxylic acids is 1. The van der Waals surface area contributed by atoms with E-state index in [0.717, 1.165) is 11.3 Å². The van der Waals surface area contributed by atoms with E-state index in [1.807, 2.05) is 24.3 Å². The minimum Gasteiger partial charge on any atom is -0.497 e. The second kappa shape index (κ2) is 8.33. The van der Waals surface area contributed by atoms with E-state index in [0.29, 0.717) is 17.8 Å². The third-order valence-corrected chi connectivity index (χ3v) is 5.13. The largest absolute Gasteiger partial charge is 0.497 e. The predicted molar refractivity (Wildman–Crippen MR) is 106 cm³/mol.